The minimum absolute atomic E-state index is 0.0793. The molecule has 0 aromatic carbocycles. The highest BCUT2D eigenvalue weighted by Gasteiger charge is 2.29. The highest BCUT2D eigenvalue weighted by molar-refractivity contribution is 5.69. The molecule has 0 bridgehead atoms. The summed E-state index contributed by atoms with van der Waals surface area (Å²) in [5.41, 5.74) is 0. The van der Waals surface area contributed by atoms with Crippen molar-refractivity contribution in [3.63, 3.8) is 0 Å². The molecule has 0 aromatic heterocycles. The van der Waals surface area contributed by atoms with Gasteiger partial charge in [0.15, 0.2) is 0 Å². The third kappa shape index (κ3) is 2.49. The molecule has 0 aliphatic heterocycles. The summed E-state index contributed by atoms with van der Waals surface area (Å²) in [5, 5.41) is 8.91. The Morgan fingerprint density at radius 1 is 1.13 bits per heavy atom. The van der Waals surface area contributed by atoms with E-state index in [4.69, 9.17) is 5.11 Å². The summed E-state index contributed by atoms with van der Waals surface area (Å²) in [5.74, 6) is 0.684. The minimum atomic E-state index is -0.604. The lowest BCUT2D eigenvalue weighted by atomic mass is 9.74. The van der Waals surface area contributed by atoms with Gasteiger partial charge >= 0.3 is 5.97 Å². The van der Waals surface area contributed by atoms with E-state index in [2.05, 4.69) is 24.3 Å². The molecule has 2 heteroatoms. The van der Waals surface area contributed by atoms with Gasteiger partial charge in [-0.05, 0) is 43.9 Å². The van der Waals surface area contributed by atoms with Crippen LogP contribution in [0, 0.1) is 17.8 Å². The van der Waals surface area contributed by atoms with E-state index in [1.807, 2.05) is 0 Å². The Morgan fingerprint density at radius 3 is 2.40 bits per heavy atom. The largest absolute Gasteiger partial charge is 0.481 e. The fourth-order valence-electron chi connectivity index (χ4n) is 2.74. The summed E-state index contributed by atoms with van der Waals surface area (Å²) >= 11 is 0. The Morgan fingerprint density at radius 2 is 1.87 bits per heavy atom. The first-order chi connectivity index (χ1) is 7.27. The van der Waals surface area contributed by atoms with Crippen LogP contribution in [0.2, 0.25) is 0 Å². The number of carboxylic acid groups (broad SMARTS) is 1. The van der Waals surface area contributed by atoms with Crippen molar-refractivity contribution in [3.8, 4) is 0 Å². The zero-order chi connectivity index (χ0) is 10.7. The van der Waals surface area contributed by atoms with E-state index in [0.29, 0.717) is 11.8 Å². The summed E-state index contributed by atoms with van der Waals surface area (Å²) in [4.78, 5) is 10.8. The number of rotatable bonds is 2. The third-order valence-electron chi connectivity index (χ3n) is 3.74. The number of allylic oxidation sites excluding steroid dienone is 4. The Bertz CT molecular complexity index is 283. The van der Waals surface area contributed by atoms with Gasteiger partial charge in [0.25, 0.3) is 0 Å². The van der Waals surface area contributed by atoms with Gasteiger partial charge in [0, 0.05) is 0 Å². The Kier molecular flexibility index (Phi) is 3.24. The summed E-state index contributed by atoms with van der Waals surface area (Å²) < 4.78 is 0. The Balaban J connectivity index is 1.85. The summed E-state index contributed by atoms with van der Waals surface area (Å²) in [7, 11) is 0. The van der Waals surface area contributed by atoms with E-state index >= 15 is 0 Å². The van der Waals surface area contributed by atoms with Crippen LogP contribution in [0.25, 0.3) is 0 Å². The summed E-state index contributed by atoms with van der Waals surface area (Å²) in [6.07, 6.45) is 13.8. The Labute approximate surface area is 90.7 Å². The van der Waals surface area contributed by atoms with Crippen LogP contribution in [0.1, 0.15) is 32.1 Å². The van der Waals surface area contributed by atoms with Gasteiger partial charge in [0.2, 0.25) is 0 Å². The zero-order valence-corrected chi connectivity index (χ0v) is 8.93. The molecule has 0 amide bonds. The van der Waals surface area contributed by atoms with Crippen molar-refractivity contribution >= 4 is 5.97 Å². The maximum Gasteiger partial charge on any atom is 0.306 e. The Hall–Kier alpha value is -1.05. The smallest absolute Gasteiger partial charge is 0.306 e. The third-order valence-corrected chi connectivity index (χ3v) is 3.74. The van der Waals surface area contributed by atoms with Crippen molar-refractivity contribution < 1.29 is 9.90 Å². The standard InChI is InChI=1S/C13H18O2/c14-13(15)12-8-6-11(7-9-12)10-4-2-1-3-5-10/h1-4,10-12H,5-9H2,(H,14,15). The molecule has 2 rings (SSSR count). The van der Waals surface area contributed by atoms with Gasteiger partial charge in [-0.3, -0.25) is 4.79 Å². The van der Waals surface area contributed by atoms with Gasteiger partial charge in [0.05, 0.1) is 5.92 Å². The minimum Gasteiger partial charge on any atom is -0.481 e. The van der Waals surface area contributed by atoms with E-state index < -0.39 is 5.97 Å². The molecule has 2 nitrogen and oxygen atoms in total. The molecule has 2 aliphatic rings. The first kappa shape index (κ1) is 10.5. The lowest BCUT2D eigenvalue weighted by Gasteiger charge is -2.31. The molecule has 0 heterocycles. The van der Waals surface area contributed by atoms with Crippen molar-refractivity contribution in [2.75, 3.05) is 0 Å². The van der Waals surface area contributed by atoms with Crippen LogP contribution in [-0.4, -0.2) is 11.1 Å². The molecule has 1 unspecified atom stereocenters. The molecule has 1 atom stereocenters. The second kappa shape index (κ2) is 4.65. The number of hydrogen-bond donors (Lipinski definition) is 1. The van der Waals surface area contributed by atoms with Gasteiger partial charge in [-0.15, -0.1) is 0 Å². The van der Waals surface area contributed by atoms with Gasteiger partial charge < -0.3 is 5.11 Å². The molecular weight excluding hydrogens is 188 g/mol. The van der Waals surface area contributed by atoms with Gasteiger partial charge in [0.1, 0.15) is 0 Å². The van der Waals surface area contributed by atoms with Crippen molar-refractivity contribution in [1.29, 1.82) is 0 Å². The number of hydrogen-bond acceptors (Lipinski definition) is 1. The topological polar surface area (TPSA) is 37.3 Å². The molecule has 1 saturated carbocycles. The van der Waals surface area contributed by atoms with Crippen LogP contribution >= 0.6 is 0 Å². The lowest BCUT2D eigenvalue weighted by molar-refractivity contribution is -0.143. The number of carbonyl (C=O) groups is 1. The van der Waals surface area contributed by atoms with E-state index in [9.17, 15) is 4.79 Å². The SMILES string of the molecule is O=C(O)C1CCC(C2C=CC=CC2)CC1. The zero-order valence-electron chi connectivity index (χ0n) is 8.93. The van der Waals surface area contributed by atoms with E-state index in [0.717, 1.165) is 32.1 Å². The normalized spacial score (nSPS) is 35.3. The van der Waals surface area contributed by atoms with E-state index in [1.54, 1.807) is 0 Å². The van der Waals surface area contributed by atoms with Gasteiger partial charge in [-0.1, -0.05) is 24.3 Å². The van der Waals surface area contributed by atoms with Crippen LogP contribution < -0.4 is 0 Å². The highest BCUT2D eigenvalue weighted by atomic mass is 16.4. The molecule has 15 heavy (non-hydrogen) atoms. The van der Waals surface area contributed by atoms with Crippen molar-refractivity contribution in [2.45, 2.75) is 32.1 Å². The summed E-state index contributed by atoms with van der Waals surface area (Å²) in [6.45, 7) is 0. The quantitative estimate of drug-likeness (QED) is 0.754. The predicted octanol–water partition coefficient (Wildman–Crippen LogP) is 3.01. The molecule has 1 N–H and O–H groups in total. The van der Waals surface area contributed by atoms with Gasteiger partial charge in [-0.25, -0.2) is 0 Å². The molecule has 0 aromatic rings. The molecule has 0 spiro atoms. The fourth-order valence-corrected chi connectivity index (χ4v) is 2.74. The van der Waals surface area contributed by atoms with Crippen LogP contribution in [-0.2, 0) is 4.79 Å². The summed E-state index contributed by atoms with van der Waals surface area (Å²) in [6, 6.07) is 0. The average Bonchev–Trinajstić information content (AvgIpc) is 2.30. The van der Waals surface area contributed by atoms with Crippen molar-refractivity contribution in [3.05, 3.63) is 24.3 Å². The maximum absolute atomic E-state index is 10.8. The highest BCUT2D eigenvalue weighted by Crippen LogP contribution is 2.36. The molecule has 0 saturated heterocycles. The maximum atomic E-state index is 10.8. The van der Waals surface area contributed by atoms with E-state index in [1.165, 1.54) is 0 Å². The molecule has 82 valence electrons. The second-order valence-electron chi connectivity index (χ2n) is 4.66. The first-order valence-electron chi connectivity index (χ1n) is 5.83. The first-order valence-corrected chi connectivity index (χ1v) is 5.83. The average molecular weight is 206 g/mol. The molecular formula is C13H18O2. The molecule has 0 radical (unpaired) electrons. The number of carboxylic acids is 1. The van der Waals surface area contributed by atoms with Crippen LogP contribution in [0.4, 0.5) is 0 Å². The molecule has 1 fully saturated rings. The predicted molar refractivity (Wildman–Crippen MR) is 59.5 cm³/mol. The van der Waals surface area contributed by atoms with E-state index in [-0.39, 0.29) is 5.92 Å². The second-order valence-corrected chi connectivity index (χ2v) is 4.66. The fraction of sp³-hybridized carbons (Fsp3) is 0.615. The van der Waals surface area contributed by atoms with Crippen LogP contribution in [0.15, 0.2) is 24.3 Å². The molecule has 2 aliphatic carbocycles. The van der Waals surface area contributed by atoms with Crippen molar-refractivity contribution in [1.82, 2.24) is 0 Å². The monoisotopic (exact) mass is 206 g/mol. The van der Waals surface area contributed by atoms with Crippen LogP contribution in [0.3, 0.4) is 0 Å². The van der Waals surface area contributed by atoms with Crippen molar-refractivity contribution in [2.24, 2.45) is 17.8 Å². The number of aliphatic carboxylic acids is 1. The lowest BCUT2D eigenvalue weighted by Crippen LogP contribution is -2.25. The van der Waals surface area contributed by atoms with Crippen LogP contribution in [0.5, 0.6) is 0 Å². The van der Waals surface area contributed by atoms with Gasteiger partial charge in [-0.2, -0.15) is 0 Å².